The molecule has 0 saturated carbocycles. The van der Waals surface area contributed by atoms with Gasteiger partial charge in [-0.25, -0.2) is 8.42 Å². The molecular formula is C27H32N2O6S. The van der Waals surface area contributed by atoms with Crippen molar-refractivity contribution in [3.05, 3.63) is 78.4 Å². The first-order valence-corrected chi connectivity index (χ1v) is 13.1. The van der Waals surface area contributed by atoms with E-state index in [0.717, 1.165) is 22.0 Å². The minimum absolute atomic E-state index is 0.0366. The van der Waals surface area contributed by atoms with E-state index < -0.39 is 22.5 Å². The normalized spacial score (nSPS) is 11.0. The van der Waals surface area contributed by atoms with Gasteiger partial charge in [0, 0.05) is 6.54 Å². The molecule has 0 aromatic heterocycles. The van der Waals surface area contributed by atoms with Gasteiger partial charge in [0.25, 0.3) is 10.0 Å². The smallest absolute Gasteiger partial charge is 0.264 e. The van der Waals surface area contributed by atoms with Crippen molar-refractivity contribution < 1.29 is 27.4 Å². The largest absolute Gasteiger partial charge is 0.497 e. The van der Waals surface area contributed by atoms with E-state index in [2.05, 4.69) is 5.32 Å². The van der Waals surface area contributed by atoms with Crippen LogP contribution in [0.2, 0.25) is 0 Å². The topological polar surface area (TPSA) is 94.2 Å². The second-order valence-corrected chi connectivity index (χ2v) is 9.72. The molecule has 0 heterocycles. The molecule has 3 aromatic carbocycles. The minimum atomic E-state index is -4.07. The molecule has 0 bridgehead atoms. The number of nitrogens with zero attached hydrogens (tertiary/aromatic N) is 1. The monoisotopic (exact) mass is 512 g/mol. The predicted octanol–water partition coefficient (Wildman–Crippen LogP) is 4.05. The second kappa shape index (κ2) is 12.8. The first-order chi connectivity index (χ1) is 17.4. The van der Waals surface area contributed by atoms with E-state index in [1.54, 1.807) is 36.4 Å². The van der Waals surface area contributed by atoms with Crippen molar-refractivity contribution in [3.63, 3.8) is 0 Å². The minimum Gasteiger partial charge on any atom is -0.497 e. The molecule has 1 N–H and O–H groups in total. The number of aryl methyl sites for hydroxylation is 1. The average molecular weight is 513 g/mol. The maximum absolute atomic E-state index is 13.6. The Kier molecular flexibility index (Phi) is 9.58. The first kappa shape index (κ1) is 26.9. The Morgan fingerprint density at radius 3 is 2.22 bits per heavy atom. The molecule has 36 heavy (non-hydrogen) atoms. The number of benzene rings is 3. The summed E-state index contributed by atoms with van der Waals surface area (Å²) in [4.78, 5) is 12.9. The number of methoxy groups -OCH3 is 2. The molecule has 192 valence electrons. The molecule has 3 aromatic rings. The molecule has 0 spiro atoms. The molecule has 0 aliphatic rings. The molecular weight excluding hydrogens is 480 g/mol. The lowest BCUT2D eigenvalue weighted by Crippen LogP contribution is -2.41. The molecule has 0 radical (unpaired) electrons. The van der Waals surface area contributed by atoms with Crippen LogP contribution in [0.15, 0.2) is 77.7 Å². The van der Waals surface area contributed by atoms with E-state index in [-0.39, 0.29) is 10.6 Å². The van der Waals surface area contributed by atoms with Crippen molar-refractivity contribution in [2.75, 3.05) is 38.2 Å². The summed E-state index contributed by atoms with van der Waals surface area (Å²) in [6, 6.07) is 20.5. The number of ether oxygens (including phenoxy) is 3. The van der Waals surface area contributed by atoms with Crippen molar-refractivity contribution in [2.24, 2.45) is 0 Å². The molecule has 0 fully saturated rings. The fourth-order valence-corrected chi connectivity index (χ4v) is 5.14. The SMILES string of the molecule is CCOc1ccccc1CCCNC(=O)CN(c1ccccc1OC)S(=O)(=O)c1ccc(OC)cc1. The van der Waals surface area contributed by atoms with E-state index >= 15 is 0 Å². The van der Waals surface area contributed by atoms with Gasteiger partial charge in [0.2, 0.25) is 5.91 Å². The molecule has 1 amide bonds. The molecule has 0 aliphatic heterocycles. The summed E-state index contributed by atoms with van der Waals surface area (Å²) < 4.78 is 44.4. The standard InChI is InChI=1S/C27H32N2O6S/c1-4-35-25-13-7-5-10-21(25)11-9-19-28-27(30)20-29(24-12-6-8-14-26(24)34-3)36(31,32)23-17-15-22(33-2)16-18-23/h5-8,10,12-18H,4,9,11,19-20H2,1-3H3,(H,28,30). The molecule has 9 heteroatoms. The highest BCUT2D eigenvalue weighted by Gasteiger charge is 2.29. The van der Waals surface area contributed by atoms with Gasteiger partial charge in [-0.1, -0.05) is 30.3 Å². The second-order valence-electron chi connectivity index (χ2n) is 7.85. The average Bonchev–Trinajstić information content (AvgIpc) is 2.90. The van der Waals surface area contributed by atoms with Gasteiger partial charge >= 0.3 is 0 Å². The van der Waals surface area contributed by atoms with Crippen LogP contribution in [-0.4, -0.2) is 48.2 Å². The van der Waals surface area contributed by atoms with Gasteiger partial charge in [-0.05, 0) is 67.8 Å². The van der Waals surface area contributed by atoms with Crippen molar-refractivity contribution in [1.82, 2.24) is 5.32 Å². The van der Waals surface area contributed by atoms with Crippen molar-refractivity contribution in [2.45, 2.75) is 24.7 Å². The van der Waals surface area contributed by atoms with Crippen LogP contribution in [-0.2, 0) is 21.2 Å². The van der Waals surface area contributed by atoms with Gasteiger partial charge in [-0.15, -0.1) is 0 Å². The fraction of sp³-hybridized carbons (Fsp3) is 0.296. The van der Waals surface area contributed by atoms with E-state index in [1.807, 2.05) is 31.2 Å². The number of nitrogens with one attached hydrogen (secondary N) is 1. The van der Waals surface area contributed by atoms with Gasteiger partial charge in [-0.3, -0.25) is 9.10 Å². The zero-order valence-electron chi connectivity index (χ0n) is 20.8. The van der Waals surface area contributed by atoms with Crippen molar-refractivity contribution in [1.29, 1.82) is 0 Å². The molecule has 3 rings (SSSR count). The Bertz CT molecular complexity index is 1250. The van der Waals surface area contributed by atoms with Gasteiger partial charge in [0.05, 0.1) is 31.4 Å². The number of rotatable bonds is 13. The summed E-state index contributed by atoms with van der Waals surface area (Å²) in [5, 5.41) is 2.84. The first-order valence-electron chi connectivity index (χ1n) is 11.7. The zero-order chi connectivity index (χ0) is 26.0. The van der Waals surface area contributed by atoms with Gasteiger partial charge in [0.1, 0.15) is 23.8 Å². The van der Waals surface area contributed by atoms with Crippen LogP contribution < -0.4 is 23.8 Å². The van der Waals surface area contributed by atoms with Crippen LogP contribution in [0.5, 0.6) is 17.2 Å². The number of hydrogen-bond donors (Lipinski definition) is 1. The number of para-hydroxylation sites is 3. The summed E-state index contributed by atoms with van der Waals surface area (Å²) in [6.45, 7) is 2.51. The third-order valence-electron chi connectivity index (χ3n) is 5.51. The van der Waals surface area contributed by atoms with Crippen LogP contribution in [0.3, 0.4) is 0 Å². The summed E-state index contributed by atoms with van der Waals surface area (Å²) in [5.74, 6) is 1.28. The van der Waals surface area contributed by atoms with E-state index in [0.29, 0.717) is 31.1 Å². The van der Waals surface area contributed by atoms with Crippen molar-refractivity contribution in [3.8, 4) is 17.2 Å². The predicted molar refractivity (Wildman–Crippen MR) is 139 cm³/mol. The number of carbonyl (C=O) groups is 1. The maximum atomic E-state index is 13.6. The number of anilines is 1. The summed E-state index contributed by atoms with van der Waals surface area (Å²) in [6.07, 6.45) is 1.40. The lowest BCUT2D eigenvalue weighted by molar-refractivity contribution is -0.119. The Morgan fingerprint density at radius 1 is 0.889 bits per heavy atom. The fourth-order valence-electron chi connectivity index (χ4n) is 3.71. The Labute approximate surface area is 212 Å². The van der Waals surface area contributed by atoms with Gasteiger partial charge in [0.15, 0.2) is 0 Å². The number of carbonyl (C=O) groups excluding carboxylic acids is 1. The molecule has 0 unspecified atom stereocenters. The zero-order valence-corrected chi connectivity index (χ0v) is 21.6. The lowest BCUT2D eigenvalue weighted by Gasteiger charge is -2.25. The number of amides is 1. The number of hydrogen-bond acceptors (Lipinski definition) is 6. The lowest BCUT2D eigenvalue weighted by atomic mass is 10.1. The molecule has 0 aliphatic carbocycles. The Balaban J connectivity index is 1.74. The molecule has 0 atom stereocenters. The third-order valence-corrected chi connectivity index (χ3v) is 7.28. The molecule has 8 nitrogen and oxygen atoms in total. The molecule has 0 saturated heterocycles. The summed E-state index contributed by atoms with van der Waals surface area (Å²) in [7, 11) is -1.11. The highest BCUT2D eigenvalue weighted by molar-refractivity contribution is 7.92. The number of sulfonamides is 1. The highest BCUT2D eigenvalue weighted by atomic mass is 32.2. The highest BCUT2D eigenvalue weighted by Crippen LogP contribution is 2.32. The van der Waals surface area contributed by atoms with E-state index in [1.165, 1.54) is 26.4 Å². The quantitative estimate of drug-likeness (QED) is 0.347. The summed E-state index contributed by atoms with van der Waals surface area (Å²) in [5.41, 5.74) is 1.34. The van der Waals surface area contributed by atoms with Crippen LogP contribution in [0.1, 0.15) is 18.9 Å². The summed E-state index contributed by atoms with van der Waals surface area (Å²) >= 11 is 0. The third kappa shape index (κ3) is 6.69. The Hall–Kier alpha value is -3.72. The Morgan fingerprint density at radius 2 is 1.56 bits per heavy atom. The van der Waals surface area contributed by atoms with Gasteiger partial charge in [-0.2, -0.15) is 0 Å². The van der Waals surface area contributed by atoms with Crippen LogP contribution in [0, 0.1) is 0 Å². The van der Waals surface area contributed by atoms with Crippen LogP contribution in [0.4, 0.5) is 5.69 Å². The van der Waals surface area contributed by atoms with Gasteiger partial charge < -0.3 is 19.5 Å². The maximum Gasteiger partial charge on any atom is 0.264 e. The van der Waals surface area contributed by atoms with E-state index in [9.17, 15) is 13.2 Å². The van der Waals surface area contributed by atoms with E-state index in [4.69, 9.17) is 14.2 Å². The van der Waals surface area contributed by atoms with Crippen LogP contribution >= 0.6 is 0 Å². The van der Waals surface area contributed by atoms with Crippen LogP contribution in [0.25, 0.3) is 0 Å². The van der Waals surface area contributed by atoms with Crippen molar-refractivity contribution >= 4 is 21.6 Å².